The Balaban J connectivity index is 2.18. The summed E-state index contributed by atoms with van der Waals surface area (Å²) in [7, 11) is 1.71. The first-order valence-corrected chi connectivity index (χ1v) is 4.69. The summed E-state index contributed by atoms with van der Waals surface area (Å²) in [6.07, 6.45) is 2.19. The Morgan fingerprint density at radius 2 is 2.00 bits per heavy atom. The van der Waals surface area contributed by atoms with Gasteiger partial charge < -0.3 is 5.73 Å². The number of nitrogens with zero attached hydrogens (tertiary/aromatic N) is 3. The van der Waals surface area contributed by atoms with Gasteiger partial charge in [0, 0.05) is 25.5 Å². The monoisotopic (exact) mass is 208 g/mol. The SMILES string of the molecule is Cn1ncc(CN2C(=O)CCC2=O)c1N. The molecule has 0 spiro atoms. The average molecular weight is 208 g/mol. The smallest absolute Gasteiger partial charge is 0.230 e. The molecular weight excluding hydrogens is 196 g/mol. The maximum atomic E-state index is 11.3. The molecule has 6 nitrogen and oxygen atoms in total. The molecule has 1 aliphatic heterocycles. The lowest BCUT2D eigenvalue weighted by Gasteiger charge is -2.12. The minimum Gasteiger partial charge on any atom is -0.384 e. The van der Waals surface area contributed by atoms with Gasteiger partial charge in [0.1, 0.15) is 5.82 Å². The molecule has 2 N–H and O–H groups in total. The zero-order valence-corrected chi connectivity index (χ0v) is 8.43. The van der Waals surface area contributed by atoms with E-state index in [0.29, 0.717) is 24.2 Å². The zero-order valence-electron chi connectivity index (χ0n) is 8.43. The fourth-order valence-electron chi connectivity index (χ4n) is 1.58. The second kappa shape index (κ2) is 3.38. The number of anilines is 1. The molecule has 6 heteroatoms. The van der Waals surface area contributed by atoms with Crippen molar-refractivity contribution in [2.45, 2.75) is 19.4 Å². The van der Waals surface area contributed by atoms with Crippen LogP contribution in [0.2, 0.25) is 0 Å². The molecule has 0 saturated carbocycles. The van der Waals surface area contributed by atoms with E-state index in [-0.39, 0.29) is 18.4 Å². The molecule has 0 unspecified atom stereocenters. The molecule has 1 aliphatic rings. The summed E-state index contributed by atoms with van der Waals surface area (Å²) >= 11 is 0. The molecule has 0 aliphatic carbocycles. The summed E-state index contributed by atoms with van der Waals surface area (Å²) in [6.45, 7) is 0.233. The standard InChI is InChI=1S/C9H12N4O2/c1-12-9(10)6(4-11-12)5-13-7(14)2-3-8(13)15/h4H,2-3,5,10H2,1H3. The third-order valence-electron chi connectivity index (χ3n) is 2.55. The van der Waals surface area contributed by atoms with Crippen LogP contribution in [0, 0.1) is 0 Å². The van der Waals surface area contributed by atoms with Crippen LogP contribution in [0.3, 0.4) is 0 Å². The highest BCUT2D eigenvalue weighted by atomic mass is 16.2. The van der Waals surface area contributed by atoms with E-state index in [1.54, 1.807) is 13.2 Å². The number of aryl methyl sites for hydroxylation is 1. The largest absolute Gasteiger partial charge is 0.384 e. The van der Waals surface area contributed by atoms with Gasteiger partial charge in [0.2, 0.25) is 11.8 Å². The third kappa shape index (κ3) is 1.58. The summed E-state index contributed by atoms with van der Waals surface area (Å²) in [4.78, 5) is 23.9. The molecule has 2 amide bonds. The van der Waals surface area contributed by atoms with Crippen LogP contribution >= 0.6 is 0 Å². The highest BCUT2D eigenvalue weighted by Gasteiger charge is 2.29. The number of rotatable bonds is 2. The average Bonchev–Trinajstić information content (AvgIpc) is 2.68. The van der Waals surface area contributed by atoms with E-state index in [4.69, 9.17) is 5.73 Å². The Kier molecular flexibility index (Phi) is 2.18. The van der Waals surface area contributed by atoms with E-state index < -0.39 is 0 Å². The highest BCUT2D eigenvalue weighted by molar-refractivity contribution is 6.01. The van der Waals surface area contributed by atoms with Gasteiger partial charge in [-0.3, -0.25) is 19.2 Å². The normalized spacial score (nSPS) is 16.5. The Bertz CT molecular complexity index is 408. The molecule has 0 radical (unpaired) electrons. The minimum atomic E-state index is -0.136. The number of nitrogens with two attached hydrogens (primary N) is 1. The first-order chi connectivity index (χ1) is 7.09. The van der Waals surface area contributed by atoms with Gasteiger partial charge in [-0.05, 0) is 0 Å². The maximum Gasteiger partial charge on any atom is 0.230 e. The summed E-state index contributed by atoms with van der Waals surface area (Å²) in [5, 5.41) is 3.95. The number of amides is 2. The molecule has 0 atom stereocenters. The molecule has 1 fully saturated rings. The number of aromatic nitrogens is 2. The predicted molar refractivity (Wildman–Crippen MR) is 52.4 cm³/mol. The molecule has 80 valence electrons. The summed E-state index contributed by atoms with van der Waals surface area (Å²) in [5.41, 5.74) is 6.43. The van der Waals surface area contributed by atoms with E-state index in [2.05, 4.69) is 5.10 Å². The first kappa shape index (κ1) is 9.70. The third-order valence-corrected chi connectivity index (χ3v) is 2.55. The summed E-state index contributed by atoms with van der Waals surface area (Å²) in [6, 6.07) is 0. The van der Waals surface area contributed by atoms with Crippen molar-refractivity contribution in [3.8, 4) is 0 Å². The number of carbonyl (C=O) groups is 2. The predicted octanol–water partition coefficient (Wildman–Crippen LogP) is -0.349. The Hall–Kier alpha value is -1.85. The van der Waals surface area contributed by atoms with E-state index in [1.807, 2.05) is 0 Å². The van der Waals surface area contributed by atoms with Crippen LogP contribution in [-0.2, 0) is 23.2 Å². The molecule has 1 aromatic heterocycles. The highest BCUT2D eigenvalue weighted by Crippen LogP contribution is 2.18. The lowest BCUT2D eigenvalue weighted by molar-refractivity contribution is -0.139. The van der Waals surface area contributed by atoms with Crippen LogP contribution in [0.15, 0.2) is 6.20 Å². The zero-order chi connectivity index (χ0) is 11.0. The van der Waals surface area contributed by atoms with Crippen molar-refractivity contribution < 1.29 is 9.59 Å². The molecule has 2 rings (SSSR count). The van der Waals surface area contributed by atoms with Crippen LogP contribution in [0.5, 0.6) is 0 Å². The van der Waals surface area contributed by atoms with Gasteiger partial charge in [0.15, 0.2) is 0 Å². The Labute approximate surface area is 86.6 Å². The first-order valence-electron chi connectivity index (χ1n) is 4.69. The van der Waals surface area contributed by atoms with Crippen molar-refractivity contribution >= 4 is 17.6 Å². The van der Waals surface area contributed by atoms with Gasteiger partial charge in [-0.2, -0.15) is 5.10 Å². The van der Waals surface area contributed by atoms with Gasteiger partial charge in [-0.1, -0.05) is 0 Å². The van der Waals surface area contributed by atoms with Gasteiger partial charge in [0.25, 0.3) is 0 Å². The lowest BCUT2D eigenvalue weighted by atomic mass is 10.3. The molecule has 2 heterocycles. The van der Waals surface area contributed by atoms with Crippen molar-refractivity contribution in [2.24, 2.45) is 7.05 Å². The summed E-state index contributed by atoms with van der Waals surface area (Å²) in [5.74, 6) is 0.217. The fraction of sp³-hybridized carbons (Fsp3) is 0.444. The summed E-state index contributed by atoms with van der Waals surface area (Å²) < 4.78 is 1.51. The number of hydrogen-bond donors (Lipinski definition) is 1. The molecule has 1 saturated heterocycles. The second-order valence-corrected chi connectivity index (χ2v) is 3.55. The van der Waals surface area contributed by atoms with Gasteiger partial charge in [0.05, 0.1) is 12.7 Å². The van der Waals surface area contributed by atoms with E-state index in [0.717, 1.165) is 0 Å². The van der Waals surface area contributed by atoms with Crippen LogP contribution in [-0.4, -0.2) is 26.5 Å². The van der Waals surface area contributed by atoms with Crippen LogP contribution in [0.25, 0.3) is 0 Å². The van der Waals surface area contributed by atoms with Crippen molar-refractivity contribution in [1.29, 1.82) is 0 Å². The topological polar surface area (TPSA) is 81.2 Å². The van der Waals surface area contributed by atoms with E-state index in [1.165, 1.54) is 9.58 Å². The lowest BCUT2D eigenvalue weighted by Crippen LogP contribution is -2.28. The van der Waals surface area contributed by atoms with E-state index >= 15 is 0 Å². The second-order valence-electron chi connectivity index (χ2n) is 3.55. The Morgan fingerprint density at radius 3 is 2.47 bits per heavy atom. The van der Waals surface area contributed by atoms with Gasteiger partial charge in [-0.15, -0.1) is 0 Å². The number of hydrogen-bond acceptors (Lipinski definition) is 4. The van der Waals surface area contributed by atoms with Crippen molar-refractivity contribution in [3.05, 3.63) is 11.8 Å². The minimum absolute atomic E-state index is 0.136. The van der Waals surface area contributed by atoms with Crippen LogP contribution in [0.4, 0.5) is 5.82 Å². The number of carbonyl (C=O) groups excluding carboxylic acids is 2. The maximum absolute atomic E-state index is 11.3. The van der Waals surface area contributed by atoms with Crippen molar-refractivity contribution in [2.75, 3.05) is 5.73 Å². The van der Waals surface area contributed by atoms with E-state index in [9.17, 15) is 9.59 Å². The molecule has 1 aromatic rings. The van der Waals surface area contributed by atoms with Crippen molar-refractivity contribution in [1.82, 2.24) is 14.7 Å². The molecule has 0 aromatic carbocycles. The fourth-order valence-corrected chi connectivity index (χ4v) is 1.58. The van der Waals surface area contributed by atoms with Gasteiger partial charge >= 0.3 is 0 Å². The number of likely N-dealkylation sites (tertiary alicyclic amines) is 1. The molecular formula is C9H12N4O2. The molecule has 0 bridgehead atoms. The molecule has 15 heavy (non-hydrogen) atoms. The quantitative estimate of drug-likeness (QED) is 0.673. The van der Waals surface area contributed by atoms with Crippen molar-refractivity contribution in [3.63, 3.8) is 0 Å². The van der Waals surface area contributed by atoms with Crippen LogP contribution in [0.1, 0.15) is 18.4 Å². The van der Waals surface area contributed by atoms with Crippen LogP contribution < -0.4 is 5.73 Å². The van der Waals surface area contributed by atoms with Gasteiger partial charge in [-0.25, -0.2) is 0 Å². The Morgan fingerprint density at radius 1 is 1.40 bits per heavy atom. The number of nitrogen functional groups attached to an aromatic ring is 1. The number of imide groups is 1.